The summed E-state index contributed by atoms with van der Waals surface area (Å²) in [5.41, 5.74) is -0.532. The molecule has 0 unspecified atom stereocenters. The van der Waals surface area contributed by atoms with Gasteiger partial charge in [-0.1, -0.05) is 11.6 Å². The number of nitrogens with zero attached hydrogens (tertiary/aromatic N) is 1. The van der Waals surface area contributed by atoms with E-state index in [4.69, 9.17) is 16.7 Å². The summed E-state index contributed by atoms with van der Waals surface area (Å²) in [6, 6.07) is 1.99. The molecule has 5 nitrogen and oxygen atoms in total. The predicted molar refractivity (Wildman–Crippen MR) is 49.8 cm³/mol. The lowest BCUT2D eigenvalue weighted by molar-refractivity contribution is -0.384. The summed E-state index contributed by atoms with van der Waals surface area (Å²) in [6.07, 6.45) is 0. The van der Waals surface area contributed by atoms with E-state index in [1.807, 2.05) is 0 Å². The molecule has 0 saturated carbocycles. The number of nitro groups is 1. The fourth-order valence-electron chi connectivity index (χ4n) is 0.983. The van der Waals surface area contributed by atoms with E-state index in [0.29, 0.717) is 0 Å². The number of hydrogen-bond acceptors (Lipinski definition) is 4. The van der Waals surface area contributed by atoms with Gasteiger partial charge >= 0.3 is 0 Å². The topological polar surface area (TPSA) is 80.4 Å². The zero-order valence-electron chi connectivity index (χ0n) is 7.15. The average Bonchev–Trinajstić information content (AvgIpc) is 2.07. The molecule has 0 spiro atoms. The molecule has 1 aromatic carbocycles. The third-order valence-corrected chi connectivity index (χ3v) is 2.01. The number of Topliss-reactive ketones (excluding diaryl/α,β-unsaturated/α-hetero) is 1. The Kier molecular flexibility index (Phi) is 2.71. The summed E-state index contributed by atoms with van der Waals surface area (Å²) >= 11 is 5.60. The van der Waals surface area contributed by atoms with Gasteiger partial charge in [0.1, 0.15) is 10.8 Å². The zero-order valence-corrected chi connectivity index (χ0v) is 7.91. The summed E-state index contributed by atoms with van der Waals surface area (Å²) in [5.74, 6) is -0.791. The molecular formula is C8H6ClNO4. The van der Waals surface area contributed by atoms with Gasteiger partial charge in [0.05, 0.1) is 11.0 Å². The molecule has 0 aliphatic carbocycles. The van der Waals surface area contributed by atoms with Gasteiger partial charge in [0, 0.05) is 5.56 Å². The Hall–Kier alpha value is -1.62. The number of carbonyl (C=O) groups excluding carboxylic acids is 1. The summed E-state index contributed by atoms with van der Waals surface area (Å²) < 4.78 is 0. The van der Waals surface area contributed by atoms with Crippen molar-refractivity contribution < 1.29 is 14.8 Å². The lowest BCUT2D eigenvalue weighted by Gasteiger charge is -2.01. The molecule has 0 heterocycles. The van der Waals surface area contributed by atoms with Crippen molar-refractivity contribution in [3.05, 3.63) is 32.8 Å². The van der Waals surface area contributed by atoms with Crippen molar-refractivity contribution in [3.63, 3.8) is 0 Å². The molecule has 1 rings (SSSR count). The number of benzene rings is 1. The summed E-state index contributed by atoms with van der Waals surface area (Å²) in [4.78, 5) is 20.7. The molecule has 1 aromatic rings. The third kappa shape index (κ3) is 1.82. The lowest BCUT2D eigenvalue weighted by Crippen LogP contribution is -1.97. The van der Waals surface area contributed by atoms with Crippen LogP contribution in [0.5, 0.6) is 5.75 Å². The van der Waals surface area contributed by atoms with Crippen LogP contribution in [0.15, 0.2) is 12.1 Å². The molecule has 74 valence electrons. The highest BCUT2D eigenvalue weighted by Gasteiger charge is 2.19. The Morgan fingerprint density at radius 1 is 1.57 bits per heavy atom. The highest BCUT2D eigenvalue weighted by atomic mass is 35.5. The van der Waals surface area contributed by atoms with Gasteiger partial charge in [0.15, 0.2) is 5.78 Å². The Bertz CT molecular complexity index is 381. The average molecular weight is 216 g/mol. The van der Waals surface area contributed by atoms with Crippen LogP contribution in [0.2, 0.25) is 5.02 Å². The van der Waals surface area contributed by atoms with Crippen molar-refractivity contribution in [2.45, 2.75) is 6.92 Å². The first-order valence-electron chi connectivity index (χ1n) is 3.61. The van der Waals surface area contributed by atoms with Crippen molar-refractivity contribution in [3.8, 4) is 5.75 Å². The number of phenols is 1. The second-order valence-corrected chi connectivity index (χ2v) is 3.02. The normalized spacial score (nSPS) is 9.86. The van der Waals surface area contributed by atoms with Crippen LogP contribution in [0.4, 0.5) is 5.69 Å². The summed E-state index contributed by atoms with van der Waals surface area (Å²) in [6.45, 7) is 1.21. The van der Waals surface area contributed by atoms with Crippen LogP contribution in [-0.4, -0.2) is 15.8 Å². The molecule has 1 N–H and O–H groups in total. The van der Waals surface area contributed by atoms with Crippen LogP contribution in [0.3, 0.4) is 0 Å². The number of hydrogen-bond donors (Lipinski definition) is 1. The van der Waals surface area contributed by atoms with Gasteiger partial charge in [-0.25, -0.2) is 0 Å². The fraction of sp³-hybridized carbons (Fsp3) is 0.125. The van der Waals surface area contributed by atoms with E-state index in [0.717, 1.165) is 12.1 Å². The molecule has 0 atom stereocenters. The fourth-order valence-corrected chi connectivity index (χ4v) is 1.29. The number of nitro benzene ring substituents is 1. The molecular weight excluding hydrogens is 210 g/mol. The van der Waals surface area contributed by atoms with Crippen molar-refractivity contribution in [2.75, 3.05) is 0 Å². The smallest absolute Gasteiger partial charge is 0.292 e. The van der Waals surface area contributed by atoms with Crippen molar-refractivity contribution >= 4 is 23.1 Å². The monoisotopic (exact) mass is 215 g/mol. The quantitative estimate of drug-likeness (QED) is 0.466. The van der Waals surface area contributed by atoms with Gasteiger partial charge in [-0.05, 0) is 13.0 Å². The molecule has 0 radical (unpaired) electrons. The van der Waals surface area contributed by atoms with Crippen molar-refractivity contribution in [1.29, 1.82) is 0 Å². The van der Waals surface area contributed by atoms with E-state index in [1.54, 1.807) is 0 Å². The van der Waals surface area contributed by atoms with E-state index in [2.05, 4.69) is 0 Å². The maximum absolute atomic E-state index is 11.0. The van der Waals surface area contributed by atoms with Crippen LogP contribution in [0.1, 0.15) is 17.3 Å². The first-order chi connectivity index (χ1) is 6.43. The Balaban J connectivity index is 3.47. The molecule has 0 bridgehead atoms. The van der Waals surface area contributed by atoms with E-state index in [-0.39, 0.29) is 16.3 Å². The summed E-state index contributed by atoms with van der Waals surface area (Å²) in [5, 5.41) is 19.3. The van der Waals surface area contributed by atoms with E-state index >= 15 is 0 Å². The standard InChI is InChI=1S/C8H6ClNO4/c1-4(11)6-2-5(12)3-7(8(6)9)10(13)14/h2-3,12H,1H3. The van der Waals surface area contributed by atoms with E-state index < -0.39 is 16.4 Å². The molecule has 0 saturated heterocycles. The lowest BCUT2D eigenvalue weighted by atomic mass is 10.1. The Labute approximate surface area is 84.1 Å². The third-order valence-electron chi connectivity index (χ3n) is 1.61. The molecule has 6 heteroatoms. The first kappa shape index (κ1) is 10.5. The van der Waals surface area contributed by atoms with E-state index in [9.17, 15) is 14.9 Å². The van der Waals surface area contributed by atoms with Crippen molar-refractivity contribution in [1.82, 2.24) is 0 Å². The van der Waals surface area contributed by atoms with Crippen LogP contribution >= 0.6 is 11.6 Å². The zero-order chi connectivity index (χ0) is 10.9. The minimum atomic E-state index is -0.755. The highest BCUT2D eigenvalue weighted by Crippen LogP contribution is 2.32. The molecule has 14 heavy (non-hydrogen) atoms. The number of aromatic hydroxyl groups is 1. The number of ketones is 1. The minimum absolute atomic E-state index is 0.0571. The van der Waals surface area contributed by atoms with Gasteiger partial charge in [0.2, 0.25) is 0 Å². The molecule has 0 aromatic heterocycles. The first-order valence-corrected chi connectivity index (χ1v) is 3.99. The highest BCUT2D eigenvalue weighted by molar-refractivity contribution is 6.36. The molecule has 0 amide bonds. The van der Waals surface area contributed by atoms with Crippen molar-refractivity contribution in [2.24, 2.45) is 0 Å². The SMILES string of the molecule is CC(=O)c1cc(O)cc([N+](=O)[O-])c1Cl. The maximum atomic E-state index is 11.0. The molecule has 0 aliphatic rings. The molecule has 0 fully saturated rings. The van der Waals surface area contributed by atoms with Gasteiger partial charge < -0.3 is 5.11 Å². The largest absolute Gasteiger partial charge is 0.508 e. The second-order valence-electron chi connectivity index (χ2n) is 2.64. The second kappa shape index (κ2) is 3.63. The Morgan fingerprint density at radius 3 is 2.57 bits per heavy atom. The summed E-state index contributed by atoms with van der Waals surface area (Å²) in [7, 11) is 0. The van der Waals surface area contributed by atoms with Gasteiger partial charge in [-0.15, -0.1) is 0 Å². The van der Waals surface area contributed by atoms with Crippen LogP contribution < -0.4 is 0 Å². The van der Waals surface area contributed by atoms with Crippen LogP contribution in [-0.2, 0) is 0 Å². The van der Waals surface area contributed by atoms with Crippen LogP contribution in [0.25, 0.3) is 0 Å². The van der Waals surface area contributed by atoms with Crippen LogP contribution in [0, 0.1) is 10.1 Å². The predicted octanol–water partition coefficient (Wildman–Crippen LogP) is 2.16. The maximum Gasteiger partial charge on any atom is 0.292 e. The Morgan fingerprint density at radius 2 is 2.14 bits per heavy atom. The number of carbonyl (C=O) groups is 1. The van der Waals surface area contributed by atoms with Gasteiger partial charge in [0.25, 0.3) is 5.69 Å². The number of rotatable bonds is 2. The van der Waals surface area contributed by atoms with Gasteiger partial charge in [-0.3, -0.25) is 14.9 Å². The molecule has 0 aliphatic heterocycles. The van der Waals surface area contributed by atoms with Gasteiger partial charge in [-0.2, -0.15) is 0 Å². The van der Waals surface area contributed by atoms with E-state index in [1.165, 1.54) is 6.92 Å². The number of phenolic OH excluding ortho intramolecular Hbond substituents is 1. The minimum Gasteiger partial charge on any atom is -0.508 e. The number of halogens is 1.